The van der Waals surface area contributed by atoms with Crippen molar-refractivity contribution in [3.05, 3.63) is 128 Å². The maximum atomic E-state index is 14.5. The first-order valence-corrected chi connectivity index (χ1v) is 17.4. The molecule has 0 bridgehead atoms. The van der Waals surface area contributed by atoms with Crippen LogP contribution in [0.5, 0.6) is 0 Å². The van der Waals surface area contributed by atoms with Gasteiger partial charge in [-0.25, -0.2) is 8.42 Å². The van der Waals surface area contributed by atoms with Crippen molar-refractivity contribution in [1.29, 1.82) is 0 Å². The summed E-state index contributed by atoms with van der Waals surface area (Å²) in [6.45, 7) is 3.53. The largest absolute Gasteiger partial charge is 0.354 e. The molecule has 0 fully saturated rings. The molecule has 2 amide bonds. The van der Waals surface area contributed by atoms with E-state index in [9.17, 15) is 18.0 Å². The molecule has 7 nitrogen and oxygen atoms in total. The Kier molecular flexibility index (Phi) is 12.4. The highest BCUT2D eigenvalue weighted by atomic mass is 35.5. The summed E-state index contributed by atoms with van der Waals surface area (Å²) >= 11 is 25.4. The predicted molar refractivity (Wildman–Crippen MR) is 186 cm³/mol. The highest BCUT2D eigenvalue weighted by Crippen LogP contribution is 2.33. The molecule has 4 rings (SSSR count). The van der Waals surface area contributed by atoms with Crippen LogP contribution in [0.2, 0.25) is 20.1 Å². The van der Waals surface area contributed by atoms with Crippen molar-refractivity contribution < 1.29 is 18.0 Å². The maximum absolute atomic E-state index is 14.5. The van der Waals surface area contributed by atoms with Gasteiger partial charge in [-0.1, -0.05) is 115 Å². The molecule has 0 heterocycles. The van der Waals surface area contributed by atoms with Gasteiger partial charge in [-0.2, -0.15) is 0 Å². The summed E-state index contributed by atoms with van der Waals surface area (Å²) in [6, 6.07) is 25.1. The SMILES string of the molecule is CC(C)CNC(=O)C(Cc1ccccc1)N(Cc1ccc(Cl)cc1Cl)C(=O)CN(c1ccc(Cl)cc1Cl)S(=O)(=O)c1ccccc1. The Bertz CT molecular complexity index is 1770. The standard InChI is InChI=1S/C34H33Cl4N3O4S/c1-23(2)20-39-34(43)32(17-24-9-5-3-6-10-24)40(21-25-13-14-26(35)18-29(25)37)33(42)22-41(31-16-15-27(36)19-30(31)38)46(44,45)28-11-7-4-8-12-28/h3-16,18-19,23,32H,17,20-22H2,1-2H3,(H,39,43). The molecular weight excluding hydrogens is 688 g/mol. The number of sulfonamides is 1. The van der Waals surface area contributed by atoms with Gasteiger partial charge in [0.2, 0.25) is 11.8 Å². The van der Waals surface area contributed by atoms with Gasteiger partial charge < -0.3 is 10.2 Å². The number of hydrogen-bond donors (Lipinski definition) is 1. The van der Waals surface area contributed by atoms with Crippen molar-refractivity contribution in [3.63, 3.8) is 0 Å². The van der Waals surface area contributed by atoms with E-state index in [2.05, 4.69) is 5.32 Å². The second-order valence-corrected chi connectivity index (χ2v) is 14.6. The Morgan fingerprint density at radius 1 is 0.783 bits per heavy atom. The third kappa shape index (κ3) is 9.17. The lowest BCUT2D eigenvalue weighted by Crippen LogP contribution is -2.53. The van der Waals surface area contributed by atoms with E-state index in [1.54, 1.807) is 36.4 Å². The van der Waals surface area contributed by atoms with E-state index in [0.717, 1.165) is 9.87 Å². The van der Waals surface area contributed by atoms with Gasteiger partial charge in [0.25, 0.3) is 10.0 Å². The average molecular weight is 722 g/mol. The van der Waals surface area contributed by atoms with Crippen LogP contribution in [0.4, 0.5) is 5.69 Å². The number of carbonyl (C=O) groups is 2. The second-order valence-electron chi connectivity index (χ2n) is 11.0. The first-order valence-electron chi connectivity index (χ1n) is 14.4. The first kappa shape index (κ1) is 35.6. The summed E-state index contributed by atoms with van der Waals surface area (Å²) in [5.41, 5.74) is 1.38. The maximum Gasteiger partial charge on any atom is 0.264 e. The van der Waals surface area contributed by atoms with E-state index in [-0.39, 0.29) is 34.5 Å². The van der Waals surface area contributed by atoms with Crippen LogP contribution in [0.25, 0.3) is 0 Å². The molecule has 4 aromatic carbocycles. The van der Waals surface area contributed by atoms with Gasteiger partial charge in [0.05, 0.1) is 15.6 Å². The molecule has 0 aliphatic rings. The van der Waals surface area contributed by atoms with Crippen molar-refractivity contribution >= 4 is 73.9 Å². The topological polar surface area (TPSA) is 86.8 Å². The lowest BCUT2D eigenvalue weighted by Gasteiger charge is -2.34. The zero-order valence-corrected chi connectivity index (χ0v) is 29.0. The van der Waals surface area contributed by atoms with Gasteiger partial charge in [-0.05, 0) is 59.5 Å². The Morgan fingerprint density at radius 3 is 1.96 bits per heavy atom. The fourth-order valence-electron chi connectivity index (χ4n) is 4.73. The van der Waals surface area contributed by atoms with Gasteiger partial charge >= 0.3 is 0 Å². The van der Waals surface area contributed by atoms with Crippen molar-refractivity contribution in [3.8, 4) is 0 Å². The molecule has 0 saturated carbocycles. The van der Waals surface area contributed by atoms with Gasteiger partial charge in [0.15, 0.2) is 0 Å². The van der Waals surface area contributed by atoms with Crippen LogP contribution in [0.3, 0.4) is 0 Å². The van der Waals surface area contributed by atoms with E-state index >= 15 is 0 Å². The van der Waals surface area contributed by atoms with Gasteiger partial charge in [-0.15, -0.1) is 0 Å². The molecule has 0 aromatic heterocycles. The summed E-state index contributed by atoms with van der Waals surface area (Å²) in [4.78, 5) is 29.7. The zero-order chi connectivity index (χ0) is 33.4. The molecule has 1 atom stereocenters. The number of rotatable bonds is 13. The van der Waals surface area contributed by atoms with Crippen molar-refractivity contribution in [1.82, 2.24) is 10.2 Å². The highest BCUT2D eigenvalue weighted by molar-refractivity contribution is 7.92. The van der Waals surface area contributed by atoms with Crippen LogP contribution in [-0.4, -0.2) is 44.3 Å². The Labute approximate surface area is 290 Å². The van der Waals surface area contributed by atoms with E-state index in [4.69, 9.17) is 46.4 Å². The second kappa shape index (κ2) is 16.0. The number of carbonyl (C=O) groups excluding carboxylic acids is 2. The van der Waals surface area contributed by atoms with Gasteiger partial charge in [-0.3, -0.25) is 13.9 Å². The number of hydrogen-bond acceptors (Lipinski definition) is 4. The molecule has 0 aliphatic heterocycles. The number of anilines is 1. The Hall–Kier alpha value is -3.27. The van der Waals surface area contributed by atoms with E-state index in [1.165, 1.54) is 35.2 Å². The predicted octanol–water partition coefficient (Wildman–Crippen LogP) is 7.91. The minimum atomic E-state index is -4.32. The number of nitrogens with zero attached hydrogens (tertiary/aromatic N) is 2. The normalized spacial score (nSPS) is 12.1. The molecule has 4 aromatic rings. The molecule has 0 saturated heterocycles. The molecule has 46 heavy (non-hydrogen) atoms. The zero-order valence-electron chi connectivity index (χ0n) is 25.2. The summed E-state index contributed by atoms with van der Waals surface area (Å²) in [7, 11) is -4.32. The van der Waals surface area contributed by atoms with Crippen molar-refractivity contribution in [2.24, 2.45) is 5.92 Å². The number of nitrogens with one attached hydrogen (secondary N) is 1. The molecule has 0 aliphatic carbocycles. The fraction of sp³-hybridized carbons (Fsp3) is 0.235. The monoisotopic (exact) mass is 719 g/mol. The minimum Gasteiger partial charge on any atom is -0.354 e. The molecule has 242 valence electrons. The van der Waals surface area contributed by atoms with Gasteiger partial charge in [0, 0.05) is 34.6 Å². The van der Waals surface area contributed by atoms with Crippen molar-refractivity contribution in [2.45, 2.75) is 37.8 Å². The van der Waals surface area contributed by atoms with Crippen LogP contribution in [0.1, 0.15) is 25.0 Å². The lowest BCUT2D eigenvalue weighted by atomic mass is 10.0. The lowest BCUT2D eigenvalue weighted by molar-refractivity contribution is -0.140. The molecular formula is C34H33Cl4N3O4S. The molecule has 1 unspecified atom stereocenters. The van der Waals surface area contributed by atoms with Crippen LogP contribution in [0.15, 0.2) is 102 Å². The molecule has 1 N–H and O–H groups in total. The summed E-state index contributed by atoms with van der Waals surface area (Å²) < 4.78 is 29.1. The highest BCUT2D eigenvalue weighted by Gasteiger charge is 2.35. The summed E-state index contributed by atoms with van der Waals surface area (Å²) in [5, 5.41) is 3.97. The molecule has 0 spiro atoms. The summed E-state index contributed by atoms with van der Waals surface area (Å²) in [6.07, 6.45) is 0.162. The Morgan fingerprint density at radius 2 is 1.37 bits per heavy atom. The minimum absolute atomic E-state index is 0.0302. The third-order valence-electron chi connectivity index (χ3n) is 7.10. The first-order chi connectivity index (χ1) is 21.9. The number of benzene rings is 4. The smallest absolute Gasteiger partial charge is 0.264 e. The molecule has 0 radical (unpaired) electrons. The van der Waals surface area contributed by atoms with Crippen LogP contribution < -0.4 is 9.62 Å². The Balaban J connectivity index is 1.84. The van der Waals surface area contributed by atoms with Crippen LogP contribution >= 0.6 is 46.4 Å². The van der Waals surface area contributed by atoms with Crippen LogP contribution in [0, 0.1) is 5.92 Å². The van der Waals surface area contributed by atoms with E-state index in [1.807, 2.05) is 44.2 Å². The molecule has 12 heteroatoms. The number of halogens is 4. The quantitative estimate of drug-likeness (QED) is 0.152. The fourth-order valence-corrected chi connectivity index (χ4v) is 7.21. The van der Waals surface area contributed by atoms with Crippen LogP contribution in [-0.2, 0) is 32.6 Å². The van der Waals surface area contributed by atoms with Crippen molar-refractivity contribution in [2.75, 3.05) is 17.4 Å². The summed E-state index contributed by atoms with van der Waals surface area (Å²) in [5.74, 6) is -0.898. The number of amides is 2. The average Bonchev–Trinajstić information content (AvgIpc) is 3.02. The van der Waals surface area contributed by atoms with E-state index < -0.39 is 34.4 Å². The van der Waals surface area contributed by atoms with E-state index in [0.29, 0.717) is 27.2 Å². The van der Waals surface area contributed by atoms with Gasteiger partial charge in [0.1, 0.15) is 12.6 Å². The third-order valence-corrected chi connectivity index (χ3v) is 10.00.